The van der Waals surface area contributed by atoms with Gasteiger partial charge in [-0.2, -0.15) is 0 Å². The number of hydrogen-bond donors (Lipinski definition) is 3. The number of benzene rings is 1. The van der Waals surface area contributed by atoms with Crippen molar-refractivity contribution in [3.63, 3.8) is 0 Å². The molecule has 0 fully saturated rings. The molecular formula is C19H31N3O4. The van der Waals surface area contributed by atoms with Crippen LogP contribution in [0.15, 0.2) is 30.3 Å². The minimum Gasteiger partial charge on any atom is -0.379 e. The van der Waals surface area contributed by atoms with Crippen molar-refractivity contribution in [2.45, 2.75) is 32.2 Å². The van der Waals surface area contributed by atoms with E-state index in [1.807, 2.05) is 30.3 Å². The fourth-order valence-corrected chi connectivity index (χ4v) is 2.23. The maximum atomic E-state index is 11.8. The Kier molecular flexibility index (Phi) is 12.1. The van der Waals surface area contributed by atoms with Crippen molar-refractivity contribution in [1.82, 2.24) is 10.6 Å². The molecule has 0 spiro atoms. The molecule has 146 valence electrons. The largest absolute Gasteiger partial charge is 0.379 e. The van der Waals surface area contributed by atoms with E-state index in [-0.39, 0.29) is 12.5 Å². The Balaban J connectivity index is 2.11. The molecule has 0 radical (unpaired) electrons. The van der Waals surface area contributed by atoms with Gasteiger partial charge in [0.1, 0.15) is 0 Å². The highest BCUT2D eigenvalue weighted by Crippen LogP contribution is 2.02. The number of carbonyl (C=O) groups is 2. The molecule has 7 heteroatoms. The topological polar surface area (TPSA) is 103 Å². The first-order valence-electron chi connectivity index (χ1n) is 9.12. The van der Waals surface area contributed by atoms with Gasteiger partial charge in [-0.15, -0.1) is 0 Å². The highest BCUT2D eigenvalue weighted by atomic mass is 16.5. The molecule has 0 bridgehead atoms. The lowest BCUT2D eigenvalue weighted by Crippen LogP contribution is -2.47. The van der Waals surface area contributed by atoms with E-state index >= 15 is 0 Å². The predicted molar refractivity (Wildman–Crippen MR) is 101 cm³/mol. The summed E-state index contributed by atoms with van der Waals surface area (Å²) >= 11 is 0. The Hall–Kier alpha value is -1.96. The Morgan fingerprint density at radius 1 is 1.08 bits per heavy atom. The molecular weight excluding hydrogens is 334 g/mol. The first-order chi connectivity index (χ1) is 12.6. The number of rotatable bonds is 15. The van der Waals surface area contributed by atoms with E-state index in [0.717, 1.165) is 25.0 Å². The smallest absolute Gasteiger partial charge is 0.234 e. The monoisotopic (exact) mass is 365 g/mol. The molecule has 1 atom stereocenters. The second-order valence-corrected chi connectivity index (χ2v) is 5.95. The molecule has 26 heavy (non-hydrogen) atoms. The molecule has 0 unspecified atom stereocenters. The molecule has 7 nitrogen and oxygen atoms in total. The Morgan fingerprint density at radius 2 is 1.77 bits per heavy atom. The summed E-state index contributed by atoms with van der Waals surface area (Å²) < 4.78 is 10.7. The summed E-state index contributed by atoms with van der Waals surface area (Å²) in [5.41, 5.74) is 6.39. The van der Waals surface area contributed by atoms with Crippen molar-refractivity contribution >= 4 is 11.8 Å². The molecule has 1 rings (SSSR count). The minimum absolute atomic E-state index is 0.0283. The molecule has 0 saturated carbocycles. The van der Waals surface area contributed by atoms with Gasteiger partial charge in [-0.3, -0.25) is 14.9 Å². The number of nitrogens with two attached hydrogens (primary N) is 1. The van der Waals surface area contributed by atoms with Gasteiger partial charge >= 0.3 is 0 Å². The number of carbonyl (C=O) groups excluding carboxylic acids is 2. The van der Waals surface area contributed by atoms with E-state index < -0.39 is 11.9 Å². The fraction of sp³-hybridized carbons (Fsp3) is 0.579. The van der Waals surface area contributed by atoms with Crippen LogP contribution < -0.4 is 16.4 Å². The summed E-state index contributed by atoms with van der Waals surface area (Å²) in [5, 5.41) is 5.63. The third kappa shape index (κ3) is 10.8. The van der Waals surface area contributed by atoms with Gasteiger partial charge in [-0.05, 0) is 18.4 Å². The molecule has 0 aliphatic heterocycles. The predicted octanol–water partition coefficient (Wildman–Crippen LogP) is 0.622. The number of primary amides is 1. The highest BCUT2D eigenvalue weighted by molar-refractivity contribution is 5.82. The zero-order chi connectivity index (χ0) is 19.0. The molecule has 0 saturated heterocycles. The SMILES string of the molecule is CCCCOCCOCCNC(=O)CN[C@@H](Cc1ccccc1)C(N)=O. The molecule has 4 N–H and O–H groups in total. The summed E-state index contributed by atoms with van der Waals surface area (Å²) in [6.07, 6.45) is 2.62. The third-order valence-electron chi connectivity index (χ3n) is 3.72. The Bertz CT molecular complexity index is 511. The number of hydrogen-bond acceptors (Lipinski definition) is 5. The normalized spacial score (nSPS) is 11.9. The van der Waals surface area contributed by atoms with Crippen LogP contribution in [-0.4, -0.2) is 57.4 Å². The number of unbranched alkanes of at least 4 members (excludes halogenated alkanes) is 1. The number of amides is 2. The molecule has 0 aliphatic rings. The zero-order valence-corrected chi connectivity index (χ0v) is 15.5. The van der Waals surface area contributed by atoms with Gasteiger partial charge in [-0.1, -0.05) is 43.7 Å². The second-order valence-electron chi connectivity index (χ2n) is 5.95. The summed E-state index contributed by atoms with van der Waals surface area (Å²) in [6.45, 7) is 4.81. The maximum Gasteiger partial charge on any atom is 0.234 e. The lowest BCUT2D eigenvalue weighted by molar-refractivity contribution is -0.122. The van der Waals surface area contributed by atoms with Gasteiger partial charge in [0.2, 0.25) is 11.8 Å². The van der Waals surface area contributed by atoms with E-state index in [2.05, 4.69) is 17.6 Å². The second kappa shape index (κ2) is 14.2. The Labute approximate surface area is 155 Å². The van der Waals surface area contributed by atoms with Crippen molar-refractivity contribution in [2.24, 2.45) is 5.73 Å². The van der Waals surface area contributed by atoms with Crippen molar-refractivity contribution < 1.29 is 19.1 Å². The standard InChI is InChI=1S/C19H31N3O4/c1-2-3-10-25-12-13-26-11-9-21-18(23)15-22-17(19(20)24)14-16-7-5-4-6-8-16/h4-8,17,22H,2-3,9-15H2,1H3,(H2,20,24)(H,21,23)/t17-/m0/s1. The van der Waals surface area contributed by atoms with E-state index in [9.17, 15) is 9.59 Å². The first kappa shape index (κ1) is 22.1. The molecule has 1 aromatic rings. The average Bonchev–Trinajstić information content (AvgIpc) is 2.64. The Morgan fingerprint density at radius 3 is 2.42 bits per heavy atom. The van der Waals surface area contributed by atoms with E-state index in [1.165, 1.54) is 0 Å². The minimum atomic E-state index is -0.584. The quantitative estimate of drug-likeness (QED) is 0.396. The van der Waals surface area contributed by atoms with Crippen molar-refractivity contribution in [1.29, 1.82) is 0 Å². The van der Waals surface area contributed by atoms with Gasteiger partial charge < -0.3 is 20.5 Å². The van der Waals surface area contributed by atoms with Crippen molar-refractivity contribution in [3.8, 4) is 0 Å². The summed E-state index contributed by atoms with van der Waals surface area (Å²) in [4.78, 5) is 23.4. The molecule has 0 aliphatic carbocycles. The van der Waals surface area contributed by atoms with E-state index in [4.69, 9.17) is 15.2 Å². The zero-order valence-electron chi connectivity index (χ0n) is 15.5. The van der Waals surface area contributed by atoms with Crippen molar-refractivity contribution in [3.05, 3.63) is 35.9 Å². The van der Waals surface area contributed by atoms with Crippen LogP contribution in [0, 0.1) is 0 Å². The first-order valence-corrected chi connectivity index (χ1v) is 9.12. The highest BCUT2D eigenvalue weighted by Gasteiger charge is 2.16. The summed E-state index contributed by atoms with van der Waals surface area (Å²) in [5.74, 6) is -0.680. The lowest BCUT2D eigenvalue weighted by Gasteiger charge is -2.15. The van der Waals surface area contributed by atoms with Crippen LogP contribution in [0.2, 0.25) is 0 Å². The molecule has 2 amide bonds. The number of ether oxygens (including phenoxy) is 2. The van der Waals surface area contributed by atoms with Crippen LogP contribution in [0.3, 0.4) is 0 Å². The number of nitrogens with one attached hydrogen (secondary N) is 2. The van der Waals surface area contributed by atoms with Crippen molar-refractivity contribution in [2.75, 3.05) is 39.5 Å². The van der Waals surface area contributed by atoms with Crippen LogP contribution in [0.25, 0.3) is 0 Å². The van der Waals surface area contributed by atoms with E-state index in [0.29, 0.717) is 32.8 Å². The van der Waals surface area contributed by atoms with Gasteiger partial charge in [0.25, 0.3) is 0 Å². The van der Waals surface area contributed by atoms with Crippen LogP contribution in [0.1, 0.15) is 25.3 Å². The fourth-order valence-electron chi connectivity index (χ4n) is 2.23. The lowest BCUT2D eigenvalue weighted by atomic mass is 10.1. The van der Waals surface area contributed by atoms with Gasteiger partial charge in [0, 0.05) is 13.2 Å². The molecule has 0 aromatic heterocycles. The van der Waals surface area contributed by atoms with Crippen LogP contribution in [0.5, 0.6) is 0 Å². The molecule has 1 aromatic carbocycles. The van der Waals surface area contributed by atoms with E-state index in [1.54, 1.807) is 0 Å². The molecule has 0 heterocycles. The van der Waals surface area contributed by atoms with Gasteiger partial charge in [0.15, 0.2) is 0 Å². The van der Waals surface area contributed by atoms with Crippen LogP contribution in [0.4, 0.5) is 0 Å². The van der Waals surface area contributed by atoms with Crippen LogP contribution in [-0.2, 0) is 25.5 Å². The van der Waals surface area contributed by atoms with Gasteiger partial charge in [0.05, 0.1) is 32.4 Å². The summed E-state index contributed by atoms with van der Waals surface area (Å²) in [7, 11) is 0. The van der Waals surface area contributed by atoms with Crippen LogP contribution >= 0.6 is 0 Å². The average molecular weight is 365 g/mol. The third-order valence-corrected chi connectivity index (χ3v) is 3.72. The van der Waals surface area contributed by atoms with Gasteiger partial charge in [-0.25, -0.2) is 0 Å². The summed E-state index contributed by atoms with van der Waals surface area (Å²) in [6, 6.07) is 8.95. The maximum absolute atomic E-state index is 11.8.